The van der Waals surface area contributed by atoms with E-state index in [1.54, 1.807) is 17.8 Å². The summed E-state index contributed by atoms with van der Waals surface area (Å²) in [5, 5.41) is 6.60. The van der Waals surface area contributed by atoms with Gasteiger partial charge in [0.1, 0.15) is 5.82 Å². The van der Waals surface area contributed by atoms with E-state index < -0.39 is 0 Å². The van der Waals surface area contributed by atoms with Crippen molar-refractivity contribution in [1.29, 1.82) is 0 Å². The SMILES string of the molecule is Nc1csc(NN=Cc2cccc(-c3cccnc3)c2)n1. The molecule has 0 radical (unpaired) electrons. The smallest absolute Gasteiger partial charge is 0.205 e. The van der Waals surface area contributed by atoms with E-state index in [0.29, 0.717) is 10.9 Å². The highest BCUT2D eigenvalue weighted by molar-refractivity contribution is 7.14. The lowest BCUT2D eigenvalue weighted by atomic mass is 10.1. The van der Waals surface area contributed by atoms with Gasteiger partial charge in [-0.1, -0.05) is 24.3 Å². The maximum Gasteiger partial charge on any atom is 0.205 e. The molecule has 104 valence electrons. The summed E-state index contributed by atoms with van der Waals surface area (Å²) < 4.78 is 0. The van der Waals surface area contributed by atoms with Crippen LogP contribution in [-0.2, 0) is 0 Å². The first-order chi connectivity index (χ1) is 10.3. The van der Waals surface area contributed by atoms with Gasteiger partial charge in [-0.15, -0.1) is 11.3 Å². The first-order valence-corrected chi connectivity index (χ1v) is 7.20. The Morgan fingerprint density at radius 2 is 2.10 bits per heavy atom. The zero-order valence-corrected chi connectivity index (χ0v) is 11.9. The van der Waals surface area contributed by atoms with Crippen LogP contribution in [-0.4, -0.2) is 16.2 Å². The maximum absolute atomic E-state index is 5.55. The van der Waals surface area contributed by atoms with Crippen molar-refractivity contribution in [3.05, 3.63) is 59.7 Å². The van der Waals surface area contributed by atoms with Crippen LogP contribution in [0.4, 0.5) is 10.9 Å². The van der Waals surface area contributed by atoms with Gasteiger partial charge >= 0.3 is 0 Å². The molecule has 0 spiro atoms. The Kier molecular flexibility index (Phi) is 3.88. The van der Waals surface area contributed by atoms with Crippen LogP contribution in [0.1, 0.15) is 5.56 Å². The summed E-state index contributed by atoms with van der Waals surface area (Å²) in [5.41, 5.74) is 11.6. The van der Waals surface area contributed by atoms with Gasteiger partial charge in [0.05, 0.1) is 6.21 Å². The predicted octanol–water partition coefficient (Wildman–Crippen LogP) is 3.23. The summed E-state index contributed by atoms with van der Waals surface area (Å²) in [6.45, 7) is 0. The van der Waals surface area contributed by atoms with Gasteiger partial charge in [0.2, 0.25) is 5.13 Å². The van der Waals surface area contributed by atoms with E-state index in [9.17, 15) is 0 Å². The van der Waals surface area contributed by atoms with Crippen molar-refractivity contribution >= 4 is 28.5 Å². The Hall–Kier alpha value is -2.73. The Balaban J connectivity index is 1.74. The molecule has 0 atom stereocenters. The highest BCUT2D eigenvalue weighted by Gasteiger charge is 1.98. The van der Waals surface area contributed by atoms with Gasteiger partial charge in [0.15, 0.2) is 0 Å². The first-order valence-electron chi connectivity index (χ1n) is 6.32. The van der Waals surface area contributed by atoms with Gasteiger partial charge < -0.3 is 5.73 Å². The number of rotatable bonds is 4. The molecule has 3 rings (SSSR count). The number of hydrogen-bond acceptors (Lipinski definition) is 6. The number of benzene rings is 1. The molecule has 6 heteroatoms. The molecule has 0 fully saturated rings. The molecule has 0 saturated heterocycles. The highest BCUT2D eigenvalue weighted by Crippen LogP contribution is 2.19. The number of thiazole rings is 1. The second-order valence-electron chi connectivity index (χ2n) is 4.31. The van der Waals surface area contributed by atoms with E-state index in [0.717, 1.165) is 16.7 Å². The molecule has 1 aromatic carbocycles. The lowest BCUT2D eigenvalue weighted by Gasteiger charge is -2.01. The van der Waals surface area contributed by atoms with Crippen LogP contribution in [0.15, 0.2) is 59.3 Å². The highest BCUT2D eigenvalue weighted by atomic mass is 32.1. The second kappa shape index (κ2) is 6.15. The fourth-order valence-corrected chi connectivity index (χ4v) is 2.38. The summed E-state index contributed by atoms with van der Waals surface area (Å²) >= 11 is 1.42. The lowest BCUT2D eigenvalue weighted by Crippen LogP contribution is -1.91. The number of nitrogen functional groups attached to an aromatic ring is 1. The average Bonchev–Trinajstić information content (AvgIpc) is 2.94. The third kappa shape index (κ3) is 3.43. The number of aromatic nitrogens is 2. The van der Waals surface area contributed by atoms with E-state index in [-0.39, 0.29) is 0 Å². The predicted molar refractivity (Wildman–Crippen MR) is 87.4 cm³/mol. The first kappa shape index (κ1) is 13.3. The third-order valence-corrected chi connectivity index (χ3v) is 3.54. The van der Waals surface area contributed by atoms with Gasteiger partial charge in [-0.05, 0) is 23.3 Å². The van der Waals surface area contributed by atoms with E-state index in [2.05, 4.69) is 26.6 Å². The van der Waals surface area contributed by atoms with Crippen molar-refractivity contribution in [2.24, 2.45) is 5.10 Å². The minimum Gasteiger partial charge on any atom is -0.383 e. The standard InChI is InChI=1S/C15H13N5S/c16-14-10-21-15(19-14)20-18-8-11-3-1-4-12(7-11)13-5-2-6-17-9-13/h1-10H,16H2,(H,19,20). The zero-order valence-electron chi connectivity index (χ0n) is 11.1. The normalized spacial score (nSPS) is 10.9. The molecule has 0 amide bonds. The van der Waals surface area contributed by atoms with E-state index in [1.165, 1.54) is 11.3 Å². The van der Waals surface area contributed by atoms with Gasteiger partial charge in [0.25, 0.3) is 0 Å². The Morgan fingerprint density at radius 1 is 1.19 bits per heavy atom. The minimum atomic E-state index is 0.497. The number of nitrogens with zero attached hydrogens (tertiary/aromatic N) is 3. The van der Waals surface area contributed by atoms with Gasteiger partial charge in [0, 0.05) is 23.3 Å². The summed E-state index contributed by atoms with van der Waals surface area (Å²) in [6, 6.07) is 12.0. The number of hydrogen-bond donors (Lipinski definition) is 2. The average molecular weight is 295 g/mol. The van der Waals surface area contributed by atoms with Crippen molar-refractivity contribution in [2.45, 2.75) is 0 Å². The summed E-state index contributed by atoms with van der Waals surface area (Å²) in [4.78, 5) is 8.20. The Labute approximate surface area is 126 Å². The quantitative estimate of drug-likeness (QED) is 0.572. The van der Waals surface area contributed by atoms with Crippen LogP contribution in [0.5, 0.6) is 0 Å². The summed E-state index contributed by atoms with van der Waals surface area (Å²) in [5.74, 6) is 0.497. The van der Waals surface area contributed by atoms with Crippen LogP contribution >= 0.6 is 11.3 Å². The number of hydrazone groups is 1. The lowest BCUT2D eigenvalue weighted by molar-refractivity contribution is 1.29. The van der Waals surface area contributed by atoms with Crippen molar-refractivity contribution in [3.63, 3.8) is 0 Å². The van der Waals surface area contributed by atoms with Crippen molar-refractivity contribution in [1.82, 2.24) is 9.97 Å². The van der Waals surface area contributed by atoms with Crippen LogP contribution in [0.2, 0.25) is 0 Å². The molecule has 3 N–H and O–H groups in total. The van der Waals surface area contributed by atoms with E-state index in [4.69, 9.17) is 5.73 Å². The summed E-state index contributed by atoms with van der Waals surface area (Å²) in [6.07, 6.45) is 5.35. The molecular formula is C15H13N5S. The molecule has 5 nitrogen and oxygen atoms in total. The topological polar surface area (TPSA) is 76.2 Å². The van der Waals surface area contributed by atoms with Gasteiger partial charge in [-0.2, -0.15) is 5.10 Å². The molecule has 0 unspecified atom stereocenters. The van der Waals surface area contributed by atoms with Crippen LogP contribution < -0.4 is 11.2 Å². The number of anilines is 2. The van der Waals surface area contributed by atoms with Crippen molar-refractivity contribution in [3.8, 4) is 11.1 Å². The molecule has 0 aliphatic heterocycles. The molecule has 0 bridgehead atoms. The number of nitrogens with one attached hydrogen (secondary N) is 1. The van der Waals surface area contributed by atoms with Gasteiger partial charge in [-0.25, -0.2) is 4.98 Å². The van der Waals surface area contributed by atoms with Crippen LogP contribution in [0, 0.1) is 0 Å². The molecule has 0 saturated carbocycles. The number of nitrogens with two attached hydrogens (primary N) is 1. The maximum atomic E-state index is 5.55. The van der Waals surface area contributed by atoms with Gasteiger partial charge in [-0.3, -0.25) is 10.4 Å². The fourth-order valence-electron chi connectivity index (χ4n) is 1.83. The molecule has 3 aromatic rings. The van der Waals surface area contributed by atoms with E-state index >= 15 is 0 Å². The molecular weight excluding hydrogens is 282 g/mol. The summed E-state index contributed by atoms with van der Waals surface area (Å²) in [7, 11) is 0. The van der Waals surface area contributed by atoms with Crippen LogP contribution in [0.3, 0.4) is 0 Å². The van der Waals surface area contributed by atoms with Crippen LogP contribution in [0.25, 0.3) is 11.1 Å². The van der Waals surface area contributed by atoms with Crippen molar-refractivity contribution in [2.75, 3.05) is 11.2 Å². The third-order valence-electron chi connectivity index (χ3n) is 2.78. The van der Waals surface area contributed by atoms with Crippen molar-refractivity contribution < 1.29 is 0 Å². The molecule has 0 aliphatic carbocycles. The molecule has 0 aliphatic rings. The zero-order chi connectivity index (χ0) is 14.5. The molecule has 2 heterocycles. The minimum absolute atomic E-state index is 0.497. The molecule has 2 aromatic heterocycles. The largest absolute Gasteiger partial charge is 0.383 e. The number of pyridine rings is 1. The van der Waals surface area contributed by atoms with E-state index in [1.807, 2.05) is 36.5 Å². The fraction of sp³-hybridized carbons (Fsp3) is 0. The Morgan fingerprint density at radius 3 is 2.86 bits per heavy atom. The monoisotopic (exact) mass is 295 g/mol. The second-order valence-corrected chi connectivity index (χ2v) is 5.17. The Bertz CT molecular complexity index is 752. The molecule has 21 heavy (non-hydrogen) atoms.